The van der Waals surface area contributed by atoms with Crippen LogP contribution < -0.4 is 0 Å². The monoisotopic (exact) mass is 803 g/mol. The predicted octanol–water partition coefficient (Wildman–Crippen LogP) is 16.0. The Morgan fingerprint density at radius 2 is 0.596 bits per heavy atom. The molecule has 0 spiro atoms. The fourth-order valence-electron chi connectivity index (χ4n) is 7.12. The molecule has 0 amide bonds. The molecule has 0 radical (unpaired) electrons. The first kappa shape index (κ1) is 54.9. The molecule has 0 unspecified atom stereocenters. The van der Waals surface area contributed by atoms with E-state index in [4.69, 9.17) is 14.2 Å². The van der Waals surface area contributed by atoms with Gasteiger partial charge in [-0.05, 0) is 64.2 Å². The van der Waals surface area contributed by atoms with Crippen molar-refractivity contribution in [3.8, 4) is 0 Å². The number of allylic oxidation sites excluding steroid dienone is 4. The zero-order valence-electron chi connectivity index (χ0n) is 38.1. The zero-order chi connectivity index (χ0) is 41.5. The minimum Gasteiger partial charge on any atom is -0.462 e. The predicted molar refractivity (Wildman–Crippen MR) is 243 cm³/mol. The van der Waals surface area contributed by atoms with Gasteiger partial charge in [0, 0.05) is 19.3 Å². The second-order valence-electron chi connectivity index (χ2n) is 16.7. The Kier molecular flexibility index (Phi) is 44.9. The van der Waals surface area contributed by atoms with Gasteiger partial charge in [0.1, 0.15) is 13.2 Å². The smallest absolute Gasteiger partial charge is 0.306 e. The maximum Gasteiger partial charge on any atom is 0.306 e. The summed E-state index contributed by atoms with van der Waals surface area (Å²) in [6.45, 7) is 6.59. The van der Waals surface area contributed by atoms with Gasteiger partial charge in [0.05, 0.1) is 0 Å². The standard InChI is InChI=1S/C51H94O6/c1-4-7-10-13-16-19-22-24-25-26-27-30-32-35-38-41-44-50(53)56-47-48(46-55-49(52)43-40-37-34-31-28-21-18-15-12-9-6-3)57-51(54)45-42-39-36-33-29-23-20-17-14-11-8-5-2/h15,18,25-26,48H,4-14,16-17,19-24,27-47H2,1-3H3/b18-15-,26-25-/t48-/m1/s1. The van der Waals surface area contributed by atoms with Gasteiger partial charge in [0.15, 0.2) is 6.10 Å². The van der Waals surface area contributed by atoms with Crippen molar-refractivity contribution in [3.63, 3.8) is 0 Å². The van der Waals surface area contributed by atoms with Gasteiger partial charge in [-0.3, -0.25) is 14.4 Å². The molecule has 0 saturated carbocycles. The van der Waals surface area contributed by atoms with Crippen LogP contribution in [0.15, 0.2) is 24.3 Å². The van der Waals surface area contributed by atoms with E-state index in [1.807, 2.05) is 0 Å². The SMILES string of the molecule is CCCC/C=C\CCCCCCCC(=O)OC[C@H](COC(=O)CCCCCCC/C=C\CCCCCCCCC)OC(=O)CCCCCCCCCCCCCC. The molecule has 0 bridgehead atoms. The van der Waals surface area contributed by atoms with Crippen LogP contribution in [0, 0.1) is 0 Å². The highest BCUT2D eigenvalue weighted by Crippen LogP contribution is 2.15. The number of carbonyl (C=O) groups excluding carboxylic acids is 3. The van der Waals surface area contributed by atoms with Crippen molar-refractivity contribution in [2.75, 3.05) is 13.2 Å². The van der Waals surface area contributed by atoms with Crippen molar-refractivity contribution in [1.82, 2.24) is 0 Å². The molecule has 0 aromatic carbocycles. The maximum atomic E-state index is 12.7. The number of hydrogen-bond donors (Lipinski definition) is 0. The van der Waals surface area contributed by atoms with Crippen LogP contribution in [0.4, 0.5) is 0 Å². The van der Waals surface area contributed by atoms with Crippen LogP contribution in [0.1, 0.15) is 265 Å². The van der Waals surface area contributed by atoms with Gasteiger partial charge in [0.2, 0.25) is 0 Å². The molecule has 0 fully saturated rings. The first-order chi connectivity index (χ1) is 28.0. The van der Waals surface area contributed by atoms with E-state index in [0.717, 1.165) is 70.6 Å². The summed E-state index contributed by atoms with van der Waals surface area (Å²) in [5.41, 5.74) is 0. The first-order valence-electron chi connectivity index (χ1n) is 24.8. The van der Waals surface area contributed by atoms with E-state index in [1.165, 1.54) is 154 Å². The van der Waals surface area contributed by atoms with Gasteiger partial charge in [-0.25, -0.2) is 0 Å². The first-order valence-corrected chi connectivity index (χ1v) is 24.8. The van der Waals surface area contributed by atoms with Gasteiger partial charge < -0.3 is 14.2 Å². The number of esters is 3. The lowest BCUT2D eigenvalue weighted by molar-refractivity contribution is -0.167. The molecule has 0 rings (SSSR count). The van der Waals surface area contributed by atoms with Crippen LogP contribution in [-0.2, 0) is 28.6 Å². The molecule has 6 heteroatoms. The molecule has 0 aromatic rings. The normalized spacial score (nSPS) is 12.1. The average molecular weight is 803 g/mol. The van der Waals surface area contributed by atoms with Gasteiger partial charge in [-0.1, -0.05) is 206 Å². The molecule has 6 nitrogen and oxygen atoms in total. The van der Waals surface area contributed by atoms with Crippen molar-refractivity contribution in [3.05, 3.63) is 24.3 Å². The lowest BCUT2D eigenvalue weighted by atomic mass is 10.0. The van der Waals surface area contributed by atoms with Gasteiger partial charge in [0.25, 0.3) is 0 Å². The number of hydrogen-bond acceptors (Lipinski definition) is 6. The van der Waals surface area contributed by atoms with Crippen molar-refractivity contribution in [1.29, 1.82) is 0 Å². The van der Waals surface area contributed by atoms with Crippen LogP contribution in [0.25, 0.3) is 0 Å². The summed E-state index contributed by atoms with van der Waals surface area (Å²) < 4.78 is 16.7. The molecular weight excluding hydrogens is 709 g/mol. The second kappa shape index (κ2) is 46.6. The largest absolute Gasteiger partial charge is 0.462 e. The summed E-state index contributed by atoms with van der Waals surface area (Å²) in [4.78, 5) is 37.8. The highest BCUT2D eigenvalue weighted by molar-refractivity contribution is 5.71. The van der Waals surface area contributed by atoms with Crippen LogP contribution in [0.5, 0.6) is 0 Å². The van der Waals surface area contributed by atoms with Crippen molar-refractivity contribution in [2.45, 2.75) is 271 Å². The zero-order valence-corrected chi connectivity index (χ0v) is 38.1. The summed E-state index contributed by atoms with van der Waals surface area (Å²) in [6, 6.07) is 0. The van der Waals surface area contributed by atoms with Crippen molar-refractivity contribution < 1.29 is 28.6 Å². The Labute approximate surface area is 353 Å². The van der Waals surface area contributed by atoms with E-state index < -0.39 is 6.10 Å². The third kappa shape index (κ3) is 44.8. The third-order valence-corrected chi connectivity index (χ3v) is 10.9. The number of ether oxygens (including phenoxy) is 3. The summed E-state index contributed by atoms with van der Waals surface area (Å²) in [6.07, 6.45) is 51.6. The number of unbranched alkanes of at least 4 members (excludes halogenated alkanes) is 30. The summed E-state index contributed by atoms with van der Waals surface area (Å²) >= 11 is 0. The molecule has 0 aliphatic carbocycles. The van der Waals surface area contributed by atoms with Crippen LogP contribution in [0.2, 0.25) is 0 Å². The topological polar surface area (TPSA) is 78.9 Å². The maximum absolute atomic E-state index is 12.7. The van der Waals surface area contributed by atoms with E-state index >= 15 is 0 Å². The van der Waals surface area contributed by atoms with Gasteiger partial charge in [-0.2, -0.15) is 0 Å². The Hall–Kier alpha value is -2.11. The van der Waals surface area contributed by atoms with E-state index in [1.54, 1.807) is 0 Å². The molecule has 0 aromatic heterocycles. The Morgan fingerprint density at radius 1 is 0.333 bits per heavy atom. The highest BCUT2D eigenvalue weighted by atomic mass is 16.6. The van der Waals surface area contributed by atoms with E-state index in [2.05, 4.69) is 45.1 Å². The minimum absolute atomic E-state index is 0.0750. The highest BCUT2D eigenvalue weighted by Gasteiger charge is 2.19. The summed E-state index contributed by atoms with van der Waals surface area (Å²) in [5, 5.41) is 0. The van der Waals surface area contributed by atoms with E-state index in [0.29, 0.717) is 19.3 Å². The lowest BCUT2D eigenvalue weighted by Crippen LogP contribution is -2.30. The van der Waals surface area contributed by atoms with Gasteiger partial charge >= 0.3 is 17.9 Å². The lowest BCUT2D eigenvalue weighted by Gasteiger charge is -2.18. The third-order valence-electron chi connectivity index (χ3n) is 10.9. The van der Waals surface area contributed by atoms with Crippen molar-refractivity contribution in [2.24, 2.45) is 0 Å². The molecule has 57 heavy (non-hydrogen) atoms. The average Bonchev–Trinajstić information content (AvgIpc) is 3.21. The summed E-state index contributed by atoms with van der Waals surface area (Å²) in [5.74, 6) is -0.883. The van der Waals surface area contributed by atoms with Gasteiger partial charge in [-0.15, -0.1) is 0 Å². The molecule has 0 saturated heterocycles. The number of carbonyl (C=O) groups is 3. The minimum atomic E-state index is -0.771. The molecule has 0 heterocycles. The van der Waals surface area contributed by atoms with Crippen LogP contribution >= 0.6 is 0 Å². The molecular formula is C51H94O6. The number of rotatable bonds is 45. The Balaban J connectivity index is 4.34. The quantitative estimate of drug-likeness (QED) is 0.0264. The fraction of sp³-hybridized carbons (Fsp3) is 0.863. The Bertz CT molecular complexity index is 927. The summed E-state index contributed by atoms with van der Waals surface area (Å²) in [7, 11) is 0. The van der Waals surface area contributed by atoms with E-state index in [9.17, 15) is 14.4 Å². The molecule has 1 atom stereocenters. The fourth-order valence-corrected chi connectivity index (χ4v) is 7.12. The molecule has 334 valence electrons. The molecule has 0 aliphatic rings. The second-order valence-corrected chi connectivity index (χ2v) is 16.7. The molecule has 0 aliphatic heterocycles. The van der Waals surface area contributed by atoms with E-state index in [-0.39, 0.29) is 31.1 Å². The molecule has 0 N–H and O–H groups in total. The Morgan fingerprint density at radius 3 is 0.930 bits per heavy atom. The van der Waals surface area contributed by atoms with Crippen LogP contribution in [0.3, 0.4) is 0 Å². The van der Waals surface area contributed by atoms with Crippen LogP contribution in [-0.4, -0.2) is 37.2 Å². The van der Waals surface area contributed by atoms with Crippen molar-refractivity contribution >= 4 is 17.9 Å².